The van der Waals surface area contributed by atoms with Crippen molar-refractivity contribution in [1.82, 2.24) is 10.3 Å². The van der Waals surface area contributed by atoms with Gasteiger partial charge in [0.25, 0.3) is 0 Å². The number of aryl methyl sites for hydroxylation is 2. The summed E-state index contributed by atoms with van der Waals surface area (Å²) in [5, 5.41) is 7.74. The molecule has 0 saturated heterocycles. The number of hydrogen-bond acceptors (Lipinski definition) is 5. The molecule has 0 aliphatic carbocycles. The Balaban J connectivity index is 0.00000261. The molecule has 1 aromatic carbocycles. The lowest BCUT2D eigenvalue weighted by Crippen LogP contribution is -2.30. The minimum absolute atomic E-state index is 0. The van der Waals surface area contributed by atoms with Crippen LogP contribution < -0.4 is 20.1 Å². The van der Waals surface area contributed by atoms with Crippen molar-refractivity contribution < 1.29 is 9.47 Å². The topological polar surface area (TPSA) is 67.8 Å². The first-order chi connectivity index (χ1) is 12.7. The minimum atomic E-state index is 0. The summed E-state index contributed by atoms with van der Waals surface area (Å²) < 4.78 is 11.4. The van der Waals surface area contributed by atoms with Gasteiger partial charge in [0.1, 0.15) is 0 Å². The van der Waals surface area contributed by atoms with Crippen molar-refractivity contribution in [3.63, 3.8) is 0 Å². The molecule has 0 unspecified atom stereocenters. The van der Waals surface area contributed by atoms with Crippen LogP contribution in [0.4, 0.5) is 5.69 Å². The third-order valence-corrected chi connectivity index (χ3v) is 5.10. The van der Waals surface area contributed by atoms with Crippen LogP contribution >= 0.6 is 35.3 Å². The predicted molar refractivity (Wildman–Crippen MR) is 122 cm³/mol. The zero-order chi connectivity index (χ0) is 18.4. The van der Waals surface area contributed by atoms with Gasteiger partial charge in [-0.25, -0.2) is 4.98 Å². The van der Waals surface area contributed by atoms with Crippen molar-refractivity contribution in [1.29, 1.82) is 0 Å². The maximum atomic E-state index is 5.75. The highest BCUT2D eigenvalue weighted by Gasteiger charge is 2.11. The quantitative estimate of drug-likeness (QED) is 0.365. The van der Waals surface area contributed by atoms with Crippen LogP contribution in [-0.2, 0) is 6.42 Å². The van der Waals surface area contributed by atoms with E-state index >= 15 is 0 Å². The number of benzene rings is 1. The van der Waals surface area contributed by atoms with Crippen molar-refractivity contribution in [3.05, 3.63) is 33.8 Å². The van der Waals surface area contributed by atoms with E-state index in [1.807, 2.05) is 25.1 Å². The fraction of sp³-hybridized carbons (Fsp3) is 0.474. The standard InChI is InChI=1S/C19H26N4O2S.HI/c1-4-20-19(21-9-8-18-13(2)22-14(3)26-18)23-15-6-7-16-17(12-15)25-11-5-10-24-16;/h6-7,12H,4-5,8-11H2,1-3H3,(H2,20,21,23);1H. The van der Waals surface area contributed by atoms with E-state index in [0.717, 1.165) is 53.2 Å². The number of halogens is 1. The number of nitrogens with one attached hydrogen (secondary N) is 2. The molecule has 0 spiro atoms. The van der Waals surface area contributed by atoms with E-state index < -0.39 is 0 Å². The summed E-state index contributed by atoms with van der Waals surface area (Å²) in [5.74, 6) is 2.34. The van der Waals surface area contributed by atoms with Gasteiger partial charge in [0.2, 0.25) is 0 Å². The molecule has 1 aliphatic heterocycles. The number of thiazole rings is 1. The third kappa shape index (κ3) is 6.24. The van der Waals surface area contributed by atoms with Gasteiger partial charge in [-0.3, -0.25) is 4.99 Å². The van der Waals surface area contributed by atoms with E-state index in [0.29, 0.717) is 19.8 Å². The maximum absolute atomic E-state index is 5.75. The molecule has 8 heteroatoms. The van der Waals surface area contributed by atoms with Crippen LogP contribution in [0.1, 0.15) is 28.9 Å². The lowest BCUT2D eigenvalue weighted by Gasteiger charge is -2.13. The van der Waals surface area contributed by atoms with Crippen molar-refractivity contribution in [2.45, 2.75) is 33.6 Å². The second-order valence-corrected chi connectivity index (χ2v) is 7.38. The smallest absolute Gasteiger partial charge is 0.195 e. The molecule has 27 heavy (non-hydrogen) atoms. The number of hydrogen-bond donors (Lipinski definition) is 2. The van der Waals surface area contributed by atoms with E-state index in [9.17, 15) is 0 Å². The van der Waals surface area contributed by atoms with Crippen molar-refractivity contribution in [2.24, 2.45) is 4.99 Å². The molecule has 6 nitrogen and oxygen atoms in total. The van der Waals surface area contributed by atoms with E-state index in [4.69, 9.17) is 9.47 Å². The van der Waals surface area contributed by atoms with Crippen molar-refractivity contribution in [3.8, 4) is 11.5 Å². The lowest BCUT2D eigenvalue weighted by molar-refractivity contribution is 0.297. The van der Waals surface area contributed by atoms with Gasteiger partial charge in [0.15, 0.2) is 17.5 Å². The van der Waals surface area contributed by atoms with E-state index in [1.165, 1.54) is 4.88 Å². The Morgan fingerprint density at radius 1 is 1.22 bits per heavy atom. The molecule has 2 heterocycles. The first kappa shape index (κ1) is 21.7. The summed E-state index contributed by atoms with van der Waals surface area (Å²) >= 11 is 1.75. The molecule has 2 N–H and O–H groups in total. The number of aliphatic imine (C=N–C) groups is 1. The van der Waals surface area contributed by atoms with Crippen LogP contribution in [0.15, 0.2) is 23.2 Å². The monoisotopic (exact) mass is 502 g/mol. The summed E-state index contributed by atoms with van der Waals surface area (Å²) in [5.41, 5.74) is 2.04. The maximum Gasteiger partial charge on any atom is 0.195 e. The Bertz CT molecular complexity index is 779. The Hall–Kier alpha value is -1.55. The van der Waals surface area contributed by atoms with Crippen LogP contribution in [-0.4, -0.2) is 37.2 Å². The summed E-state index contributed by atoms with van der Waals surface area (Å²) in [6.45, 7) is 9.04. The summed E-state index contributed by atoms with van der Waals surface area (Å²) in [7, 11) is 0. The van der Waals surface area contributed by atoms with Gasteiger partial charge in [0, 0.05) is 42.6 Å². The summed E-state index contributed by atoms with van der Waals surface area (Å²) in [6, 6.07) is 5.89. The lowest BCUT2D eigenvalue weighted by atomic mass is 10.2. The highest BCUT2D eigenvalue weighted by molar-refractivity contribution is 14.0. The van der Waals surface area contributed by atoms with Gasteiger partial charge in [-0.2, -0.15) is 0 Å². The number of nitrogens with zero attached hydrogens (tertiary/aromatic N) is 2. The molecular formula is C19H27IN4O2S. The van der Waals surface area contributed by atoms with Gasteiger partial charge in [-0.1, -0.05) is 0 Å². The first-order valence-corrected chi connectivity index (χ1v) is 9.85. The Morgan fingerprint density at radius 3 is 2.70 bits per heavy atom. The molecule has 0 radical (unpaired) electrons. The largest absolute Gasteiger partial charge is 0.490 e. The molecule has 148 valence electrons. The van der Waals surface area contributed by atoms with Crippen LogP contribution in [0.3, 0.4) is 0 Å². The molecule has 0 atom stereocenters. The zero-order valence-electron chi connectivity index (χ0n) is 16.0. The van der Waals surface area contributed by atoms with Gasteiger partial charge < -0.3 is 20.1 Å². The van der Waals surface area contributed by atoms with E-state index in [-0.39, 0.29) is 24.0 Å². The van der Waals surface area contributed by atoms with Gasteiger partial charge in [-0.15, -0.1) is 35.3 Å². The predicted octanol–water partition coefficient (Wildman–Crippen LogP) is 4.16. The average Bonchev–Trinajstić information content (AvgIpc) is 2.81. The van der Waals surface area contributed by atoms with Gasteiger partial charge in [0.05, 0.1) is 23.9 Å². The number of anilines is 1. The normalized spacial score (nSPS) is 13.5. The fourth-order valence-electron chi connectivity index (χ4n) is 2.76. The molecule has 2 aromatic rings. The van der Waals surface area contributed by atoms with Crippen molar-refractivity contribution in [2.75, 3.05) is 31.6 Å². The number of guanidine groups is 1. The Kier molecular flexibility index (Phi) is 8.62. The van der Waals surface area contributed by atoms with Crippen molar-refractivity contribution >= 4 is 47.0 Å². The van der Waals surface area contributed by atoms with Crippen LogP contribution in [0.25, 0.3) is 0 Å². The Morgan fingerprint density at radius 2 is 2.00 bits per heavy atom. The summed E-state index contributed by atoms with van der Waals surface area (Å²) in [6.07, 6.45) is 1.80. The average molecular weight is 502 g/mol. The van der Waals surface area contributed by atoms with Gasteiger partial charge >= 0.3 is 0 Å². The van der Waals surface area contributed by atoms with Crippen LogP contribution in [0, 0.1) is 13.8 Å². The highest BCUT2D eigenvalue weighted by atomic mass is 127. The molecule has 3 rings (SSSR count). The number of rotatable bonds is 5. The van der Waals surface area contributed by atoms with Gasteiger partial charge in [-0.05, 0) is 32.9 Å². The number of aromatic nitrogens is 1. The molecule has 1 aliphatic rings. The molecule has 0 saturated carbocycles. The summed E-state index contributed by atoms with van der Waals surface area (Å²) in [4.78, 5) is 10.5. The van der Waals surface area contributed by atoms with Crippen LogP contribution in [0.2, 0.25) is 0 Å². The fourth-order valence-corrected chi connectivity index (χ4v) is 3.69. The molecular weight excluding hydrogens is 475 g/mol. The molecule has 0 bridgehead atoms. The van der Waals surface area contributed by atoms with E-state index in [1.54, 1.807) is 11.3 Å². The first-order valence-electron chi connectivity index (χ1n) is 9.03. The Labute approximate surface area is 181 Å². The molecule has 0 amide bonds. The third-order valence-electron chi connectivity index (χ3n) is 3.96. The van der Waals surface area contributed by atoms with Crippen LogP contribution in [0.5, 0.6) is 11.5 Å². The second-order valence-electron chi connectivity index (χ2n) is 6.09. The number of ether oxygens (including phenoxy) is 2. The minimum Gasteiger partial charge on any atom is -0.490 e. The second kappa shape index (κ2) is 10.7. The molecule has 0 fully saturated rings. The zero-order valence-corrected chi connectivity index (χ0v) is 19.1. The van der Waals surface area contributed by atoms with E-state index in [2.05, 4.69) is 34.5 Å². The number of fused-ring (bicyclic) bond motifs is 1. The molecule has 1 aromatic heterocycles. The SMILES string of the molecule is CCNC(=NCCc1sc(C)nc1C)Nc1ccc2c(c1)OCCCO2.I. The highest BCUT2D eigenvalue weighted by Crippen LogP contribution is 2.32.